The van der Waals surface area contributed by atoms with Crippen LogP contribution in [0.1, 0.15) is 6.92 Å². The summed E-state index contributed by atoms with van der Waals surface area (Å²) in [7, 11) is -1.21. The number of ether oxygens (including phenoxy) is 1. The molecular weight excluding hydrogens is 276 g/mol. The normalized spacial score (nSPS) is 20.1. The van der Waals surface area contributed by atoms with Crippen LogP contribution in [0.25, 0.3) is 0 Å². The number of anilines is 1. The maximum Gasteiger partial charge on any atom is 0.178 e. The van der Waals surface area contributed by atoms with Crippen LogP contribution in [0, 0.1) is 0 Å². The molecule has 1 aromatic carbocycles. The minimum atomic E-state index is -3.12. The lowest BCUT2D eigenvalue weighted by Crippen LogP contribution is -2.46. The highest BCUT2D eigenvalue weighted by atomic mass is 32.2. The zero-order valence-corrected chi connectivity index (χ0v) is 12.8. The van der Waals surface area contributed by atoms with Gasteiger partial charge in [0.15, 0.2) is 9.84 Å². The number of likely N-dealkylation sites (N-methyl/N-ethyl adjacent to an activating group) is 1. The molecule has 6 heteroatoms. The van der Waals surface area contributed by atoms with E-state index in [1.807, 2.05) is 19.2 Å². The molecule has 0 amide bonds. The van der Waals surface area contributed by atoms with Gasteiger partial charge in [-0.3, -0.25) is 0 Å². The second-order valence-electron chi connectivity index (χ2n) is 4.89. The van der Waals surface area contributed by atoms with Crippen molar-refractivity contribution in [3.8, 4) is 0 Å². The number of nitrogens with one attached hydrogen (secondary N) is 1. The molecule has 1 fully saturated rings. The molecule has 0 spiro atoms. The average Bonchev–Trinajstić information content (AvgIpc) is 2.48. The van der Waals surface area contributed by atoms with E-state index in [9.17, 15) is 8.42 Å². The molecule has 1 unspecified atom stereocenters. The average molecular weight is 298 g/mol. The first kappa shape index (κ1) is 15.3. The first-order valence-corrected chi connectivity index (χ1v) is 8.56. The Hall–Kier alpha value is -1.11. The van der Waals surface area contributed by atoms with E-state index in [2.05, 4.69) is 10.2 Å². The third kappa shape index (κ3) is 3.50. The summed E-state index contributed by atoms with van der Waals surface area (Å²) < 4.78 is 29.2. The van der Waals surface area contributed by atoms with Crippen LogP contribution in [-0.4, -0.2) is 53.6 Å². The molecule has 20 heavy (non-hydrogen) atoms. The minimum absolute atomic E-state index is 0.133. The van der Waals surface area contributed by atoms with E-state index in [1.54, 1.807) is 19.1 Å². The molecule has 0 saturated carbocycles. The minimum Gasteiger partial charge on any atom is -0.373 e. The van der Waals surface area contributed by atoms with Crippen molar-refractivity contribution in [3.63, 3.8) is 0 Å². The lowest BCUT2D eigenvalue weighted by Gasteiger charge is -2.34. The van der Waals surface area contributed by atoms with Crippen LogP contribution in [-0.2, 0) is 14.6 Å². The highest BCUT2D eigenvalue weighted by Gasteiger charge is 2.20. The Balaban J connectivity index is 2.10. The smallest absolute Gasteiger partial charge is 0.178 e. The van der Waals surface area contributed by atoms with Gasteiger partial charge < -0.3 is 15.0 Å². The number of nitrogens with zero attached hydrogens (tertiary/aromatic N) is 1. The number of benzene rings is 1. The molecule has 1 N–H and O–H groups in total. The monoisotopic (exact) mass is 298 g/mol. The highest BCUT2D eigenvalue weighted by molar-refractivity contribution is 7.91. The van der Waals surface area contributed by atoms with Crippen molar-refractivity contribution in [1.82, 2.24) is 5.32 Å². The third-order valence-electron chi connectivity index (χ3n) is 3.51. The molecule has 0 aliphatic carbocycles. The summed E-state index contributed by atoms with van der Waals surface area (Å²) in [5, 5.41) is 3.12. The molecular formula is C14H22N2O3S. The summed E-state index contributed by atoms with van der Waals surface area (Å²) in [6.45, 7) is 4.83. The molecule has 1 aliphatic heterocycles. The Kier molecular flexibility index (Phi) is 5.01. The second-order valence-corrected chi connectivity index (χ2v) is 7.17. The van der Waals surface area contributed by atoms with E-state index in [-0.39, 0.29) is 11.9 Å². The highest BCUT2D eigenvalue weighted by Crippen LogP contribution is 2.21. The van der Waals surface area contributed by atoms with Crippen molar-refractivity contribution in [1.29, 1.82) is 0 Å². The molecule has 1 aromatic rings. The molecule has 1 atom stereocenters. The van der Waals surface area contributed by atoms with Crippen LogP contribution in [0.15, 0.2) is 29.2 Å². The van der Waals surface area contributed by atoms with Crippen LogP contribution in [0.4, 0.5) is 5.69 Å². The van der Waals surface area contributed by atoms with Crippen molar-refractivity contribution in [2.24, 2.45) is 0 Å². The first-order valence-electron chi connectivity index (χ1n) is 6.91. The Morgan fingerprint density at radius 1 is 1.35 bits per heavy atom. The van der Waals surface area contributed by atoms with Crippen LogP contribution in [0.3, 0.4) is 0 Å². The maximum absolute atomic E-state index is 11.8. The van der Waals surface area contributed by atoms with Gasteiger partial charge in [-0.15, -0.1) is 0 Å². The molecule has 1 aliphatic rings. The van der Waals surface area contributed by atoms with E-state index in [4.69, 9.17) is 4.74 Å². The molecule has 0 bridgehead atoms. The molecule has 112 valence electrons. The van der Waals surface area contributed by atoms with Crippen molar-refractivity contribution >= 4 is 15.5 Å². The van der Waals surface area contributed by atoms with E-state index < -0.39 is 9.84 Å². The summed E-state index contributed by atoms with van der Waals surface area (Å²) in [5.41, 5.74) is 1.05. The number of sulfone groups is 1. The molecule has 1 heterocycles. The zero-order valence-electron chi connectivity index (χ0n) is 12.0. The van der Waals surface area contributed by atoms with E-state index >= 15 is 0 Å². The van der Waals surface area contributed by atoms with Gasteiger partial charge in [0.05, 0.1) is 23.4 Å². The van der Waals surface area contributed by atoms with Crippen LogP contribution >= 0.6 is 0 Å². The topological polar surface area (TPSA) is 58.6 Å². The predicted molar refractivity (Wildman–Crippen MR) is 80.0 cm³/mol. The van der Waals surface area contributed by atoms with E-state index in [0.717, 1.165) is 25.3 Å². The van der Waals surface area contributed by atoms with Crippen molar-refractivity contribution in [2.75, 3.05) is 43.9 Å². The second kappa shape index (κ2) is 6.56. The van der Waals surface area contributed by atoms with Gasteiger partial charge >= 0.3 is 0 Å². The maximum atomic E-state index is 11.8. The van der Waals surface area contributed by atoms with Crippen molar-refractivity contribution in [3.05, 3.63) is 24.3 Å². The number of morpholine rings is 1. The summed E-state index contributed by atoms with van der Waals surface area (Å²) >= 11 is 0. The van der Waals surface area contributed by atoms with E-state index in [1.165, 1.54) is 0 Å². The zero-order chi connectivity index (χ0) is 14.6. The van der Waals surface area contributed by atoms with E-state index in [0.29, 0.717) is 11.5 Å². The standard InChI is InChI=1S/C14H22N2O3S/c1-3-20(17,18)14-6-4-12(5-7-14)16-8-9-19-13(11-16)10-15-2/h4-7,13,15H,3,8-11H2,1-2H3. The van der Waals surface area contributed by atoms with Crippen LogP contribution in [0.2, 0.25) is 0 Å². The summed E-state index contributed by atoms with van der Waals surface area (Å²) in [4.78, 5) is 2.62. The Labute approximate surface area is 120 Å². The van der Waals surface area contributed by atoms with Crippen LogP contribution < -0.4 is 10.2 Å². The molecule has 0 radical (unpaired) electrons. The van der Waals surface area contributed by atoms with Gasteiger partial charge in [-0.25, -0.2) is 8.42 Å². The van der Waals surface area contributed by atoms with Crippen LogP contribution in [0.5, 0.6) is 0 Å². The first-order chi connectivity index (χ1) is 9.56. The van der Waals surface area contributed by atoms with Gasteiger partial charge in [0.1, 0.15) is 0 Å². The fraction of sp³-hybridized carbons (Fsp3) is 0.571. The molecule has 5 nitrogen and oxygen atoms in total. The number of hydrogen-bond acceptors (Lipinski definition) is 5. The number of rotatable bonds is 5. The van der Waals surface area contributed by atoms with Gasteiger partial charge in [0.25, 0.3) is 0 Å². The van der Waals surface area contributed by atoms with Gasteiger partial charge in [0, 0.05) is 25.3 Å². The lowest BCUT2D eigenvalue weighted by molar-refractivity contribution is 0.0422. The number of hydrogen-bond donors (Lipinski definition) is 1. The molecule has 1 saturated heterocycles. The summed E-state index contributed by atoms with van der Waals surface area (Å²) in [6, 6.07) is 7.14. The third-order valence-corrected chi connectivity index (χ3v) is 5.26. The van der Waals surface area contributed by atoms with Gasteiger partial charge in [-0.1, -0.05) is 6.92 Å². The molecule has 0 aromatic heterocycles. The predicted octanol–water partition coefficient (Wildman–Crippen LogP) is 0.905. The molecule has 2 rings (SSSR count). The largest absolute Gasteiger partial charge is 0.373 e. The van der Waals surface area contributed by atoms with Crippen molar-refractivity contribution in [2.45, 2.75) is 17.9 Å². The van der Waals surface area contributed by atoms with Crippen molar-refractivity contribution < 1.29 is 13.2 Å². The van der Waals surface area contributed by atoms with Gasteiger partial charge in [-0.2, -0.15) is 0 Å². The lowest BCUT2D eigenvalue weighted by atomic mass is 10.2. The van der Waals surface area contributed by atoms with Gasteiger partial charge in [-0.05, 0) is 31.3 Å². The Morgan fingerprint density at radius 2 is 2.05 bits per heavy atom. The quantitative estimate of drug-likeness (QED) is 0.875. The summed E-state index contributed by atoms with van der Waals surface area (Å²) in [6.07, 6.45) is 0.174. The fourth-order valence-corrected chi connectivity index (χ4v) is 3.22. The Bertz CT molecular complexity index is 526. The Morgan fingerprint density at radius 3 is 2.65 bits per heavy atom. The van der Waals surface area contributed by atoms with Gasteiger partial charge in [0.2, 0.25) is 0 Å². The SMILES string of the molecule is CCS(=O)(=O)c1ccc(N2CCOC(CNC)C2)cc1. The fourth-order valence-electron chi connectivity index (χ4n) is 2.34. The summed E-state index contributed by atoms with van der Waals surface area (Å²) in [5.74, 6) is 0.133.